The molecule has 0 atom stereocenters. The first-order valence-corrected chi connectivity index (χ1v) is 5.89. The maximum Gasteiger partial charge on any atom is 0.394 e. The molecule has 12 nitrogen and oxygen atoms in total. The van der Waals surface area contributed by atoms with Crippen molar-refractivity contribution in [2.45, 2.75) is 0 Å². The van der Waals surface area contributed by atoms with Gasteiger partial charge in [0.05, 0.1) is 0 Å². The number of rotatable bonds is 0. The van der Waals surface area contributed by atoms with Crippen molar-refractivity contribution in [3.05, 3.63) is 12.7 Å². The van der Waals surface area contributed by atoms with E-state index in [-0.39, 0.29) is 0 Å². The molecular weight excluding hydrogens is 280 g/mol. The van der Waals surface area contributed by atoms with Crippen LogP contribution in [0.1, 0.15) is 0 Å². The van der Waals surface area contributed by atoms with Crippen LogP contribution in [-0.2, 0) is 24.5 Å². The highest BCUT2D eigenvalue weighted by molar-refractivity contribution is 7.79. The molecule has 0 unspecified atom stereocenters. The maximum absolute atomic E-state index is 8.74. The second kappa shape index (κ2) is 7.24. The van der Waals surface area contributed by atoms with Crippen LogP contribution in [0.25, 0.3) is 0 Å². The highest BCUT2D eigenvalue weighted by Crippen LogP contribution is 1.86. The minimum atomic E-state index is -4.67. The molecule has 0 aliphatic heterocycles. The number of hydrogen-bond acceptors (Lipinski definition) is 8. The zero-order valence-electron chi connectivity index (χ0n) is 10.1. The molecule has 2 aromatic heterocycles. The van der Waals surface area contributed by atoms with Crippen LogP contribution in [0.5, 0.6) is 0 Å². The number of nitrogens with two attached hydrogens (primary N) is 2. The molecule has 6 N–H and O–H groups in total. The Labute approximate surface area is 108 Å². The van der Waals surface area contributed by atoms with Gasteiger partial charge in [-0.15, -0.1) is 0 Å². The Bertz CT molecular complexity index is 511. The average Bonchev–Trinajstić information content (AvgIpc) is 2.77. The Balaban J connectivity index is 0.000000261. The van der Waals surface area contributed by atoms with Crippen molar-refractivity contribution < 1.29 is 17.5 Å². The summed E-state index contributed by atoms with van der Waals surface area (Å²) in [6.45, 7) is 0. The molecule has 0 radical (unpaired) electrons. The van der Waals surface area contributed by atoms with Crippen LogP contribution < -0.4 is 11.5 Å². The molecule has 2 rings (SSSR count). The lowest BCUT2D eigenvalue weighted by Crippen LogP contribution is -1.97. The maximum atomic E-state index is 8.74. The molecule has 2 heterocycles. The zero-order chi connectivity index (χ0) is 15.1. The first-order chi connectivity index (χ1) is 8.61. The van der Waals surface area contributed by atoms with Gasteiger partial charge in [0.1, 0.15) is 12.7 Å². The van der Waals surface area contributed by atoms with Crippen molar-refractivity contribution in [1.29, 1.82) is 0 Å². The fourth-order valence-electron chi connectivity index (χ4n) is 0.610. The van der Waals surface area contributed by atoms with E-state index in [9.17, 15) is 0 Å². The zero-order valence-corrected chi connectivity index (χ0v) is 10.9. The van der Waals surface area contributed by atoms with E-state index < -0.39 is 10.4 Å². The van der Waals surface area contributed by atoms with Gasteiger partial charge in [0.25, 0.3) is 0 Å². The minimum absolute atomic E-state index is 0.444. The summed E-state index contributed by atoms with van der Waals surface area (Å²) in [5.74, 6) is 0.889. The van der Waals surface area contributed by atoms with E-state index in [1.165, 1.54) is 22.0 Å². The third-order valence-electron chi connectivity index (χ3n) is 1.49. The summed E-state index contributed by atoms with van der Waals surface area (Å²) < 4.78 is 34.6. The highest BCUT2D eigenvalue weighted by atomic mass is 32.3. The lowest BCUT2D eigenvalue weighted by atomic mass is 11.0. The molecule has 2 aromatic rings. The largest absolute Gasteiger partial charge is 0.394 e. The Morgan fingerprint density at radius 3 is 1.32 bits per heavy atom. The first kappa shape index (κ1) is 16.8. The summed E-state index contributed by atoms with van der Waals surface area (Å²) >= 11 is 0. The van der Waals surface area contributed by atoms with Crippen molar-refractivity contribution >= 4 is 22.3 Å². The molecule has 19 heavy (non-hydrogen) atoms. The fourth-order valence-corrected chi connectivity index (χ4v) is 0.610. The van der Waals surface area contributed by atoms with Gasteiger partial charge in [0.15, 0.2) is 0 Å². The quantitative estimate of drug-likeness (QED) is 0.401. The number of aromatic nitrogens is 6. The van der Waals surface area contributed by atoms with Crippen molar-refractivity contribution in [3.8, 4) is 0 Å². The Morgan fingerprint density at radius 2 is 1.26 bits per heavy atom. The average molecular weight is 294 g/mol. The summed E-state index contributed by atoms with van der Waals surface area (Å²) in [6.07, 6.45) is 2.82. The Morgan fingerprint density at radius 1 is 1.00 bits per heavy atom. The van der Waals surface area contributed by atoms with Crippen molar-refractivity contribution in [2.24, 2.45) is 14.1 Å². The second-order valence-electron chi connectivity index (χ2n) is 2.93. The summed E-state index contributed by atoms with van der Waals surface area (Å²) in [7, 11) is -1.19. The second-order valence-corrected chi connectivity index (χ2v) is 3.83. The van der Waals surface area contributed by atoms with Gasteiger partial charge in [-0.05, 0) is 0 Å². The number of hydrogen-bond donors (Lipinski definition) is 4. The van der Waals surface area contributed by atoms with Crippen LogP contribution in [0.4, 0.5) is 11.9 Å². The van der Waals surface area contributed by atoms with Crippen molar-refractivity contribution in [2.75, 3.05) is 11.5 Å². The van der Waals surface area contributed by atoms with Gasteiger partial charge < -0.3 is 11.5 Å². The van der Waals surface area contributed by atoms with Crippen LogP contribution in [0.2, 0.25) is 0 Å². The van der Waals surface area contributed by atoms with Crippen molar-refractivity contribution in [3.63, 3.8) is 0 Å². The van der Waals surface area contributed by atoms with Crippen molar-refractivity contribution in [1.82, 2.24) is 29.5 Å². The Kier molecular flexibility index (Phi) is 6.39. The topological polar surface area (TPSA) is 188 Å². The molecule has 13 heteroatoms. The standard InChI is InChI=1S/2C3H6N4.H2O4S/c2*1-7-3(4)5-2-6-7;1-5(2,3)4/h2*2H,1H3,(H2,4,5,6);(H2,1,2,3,4). The number of nitrogens with zero attached hydrogens (tertiary/aromatic N) is 6. The number of nitrogen functional groups attached to an aromatic ring is 2. The van der Waals surface area contributed by atoms with Gasteiger partial charge in [0.2, 0.25) is 11.9 Å². The van der Waals surface area contributed by atoms with E-state index in [1.54, 1.807) is 14.1 Å². The molecule has 0 aliphatic rings. The molecule has 0 aromatic carbocycles. The lowest BCUT2D eigenvalue weighted by Gasteiger charge is -1.84. The van der Waals surface area contributed by atoms with Gasteiger partial charge in [-0.2, -0.15) is 18.6 Å². The third-order valence-corrected chi connectivity index (χ3v) is 1.49. The fraction of sp³-hybridized carbons (Fsp3) is 0.333. The third kappa shape index (κ3) is 9.45. The smallest absolute Gasteiger partial charge is 0.368 e. The van der Waals surface area contributed by atoms with E-state index in [2.05, 4.69) is 20.2 Å². The normalized spacial score (nSPS) is 9.89. The molecule has 0 aliphatic carbocycles. The van der Waals surface area contributed by atoms with Gasteiger partial charge in [0, 0.05) is 14.1 Å². The van der Waals surface area contributed by atoms with Crippen LogP contribution in [-0.4, -0.2) is 47.1 Å². The summed E-state index contributed by atoms with van der Waals surface area (Å²) in [6, 6.07) is 0. The van der Waals surface area contributed by atoms with E-state index in [0.29, 0.717) is 11.9 Å². The monoisotopic (exact) mass is 294 g/mol. The molecule has 0 spiro atoms. The SMILES string of the molecule is Cn1ncnc1N.Cn1ncnc1N.O=S(=O)(O)O. The van der Waals surface area contributed by atoms with Gasteiger partial charge in [-0.25, -0.2) is 19.3 Å². The summed E-state index contributed by atoms with van der Waals surface area (Å²) in [5.41, 5.74) is 10.5. The van der Waals surface area contributed by atoms with Gasteiger partial charge in [-0.1, -0.05) is 0 Å². The Hall–Kier alpha value is -2.25. The van der Waals surface area contributed by atoms with Gasteiger partial charge >= 0.3 is 10.4 Å². The van der Waals surface area contributed by atoms with E-state index in [1.807, 2.05) is 0 Å². The van der Waals surface area contributed by atoms with Crippen LogP contribution in [0.3, 0.4) is 0 Å². The lowest BCUT2D eigenvalue weighted by molar-refractivity contribution is 0.381. The molecule has 0 saturated carbocycles. The summed E-state index contributed by atoms with van der Waals surface area (Å²) in [5, 5.41) is 7.39. The molecule has 0 bridgehead atoms. The van der Waals surface area contributed by atoms with Gasteiger partial charge in [-0.3, -0.25) is 9.11 Å². The highest BCUT2D eigenvalue weighted by Gasteiger charge is 1.87. The predicted molar refractivity (Wildman–Crippen MR) is 65.0 cm³/mol. The molecule has 108 valence electrons. The van der Waals surface area contributed by atoms with Crippen LogP contribution in [0, 0.1) is 0 Å². The van der Waals surface area contributed by atoms with E-state index >= 15 is 0 Å². The molecular formula is C6H14N8O4S. The molecule has 0 fully saturated rings. The van der Waals surface area contributed by atoms with E-state index in [4.69, 9.17) is 29.0 Å². The molecule has 0 saturated heterocycles. The number of anilines is 2. The number of aryl methyl sites for hydroxylation is 2. The first-order valence-electron chi connectivity index (χ1n) is 4.50. The van der Waals surface area contributed by atoms with Crippen LogP contribution >= 0.6 is 0 Å². The van der Waals surface area contributed by atoms with E-state index in [0.717, 1.165) is 0 Å². The predicted octanol–water partition coefficient (Wildman–Crippen LogP) is -1.86. The minimum Gasteiger partial charge on any atom is -0.368 e. The molecule has 0 amide bonds. The van der Waals surface area contributed by atoms with Crippen LogP contribution in [0.15, 0.2) is 12.7 Å². The summed E-state index contributed by atoms with van der Waals surface area (Å²) in [4.78, 5) is 7.29.